The molecule has 0 atom stereocenters. The number of nitrogens with one attached hydrogen (secondary N) is 1. The Balaban J connectivity index is 1.90. The molecule has 2 aromatic carbocycles. The molecule has 1 N–H and O–H groups in total. The molecule has 108 valence electrons. The van der Waals surface area contributed by atoms with Crippen LogP contribution < -0.4 is 5.32 Å². The van der Waals surface area contributed by atoms with Crippen LogP contribution in [0.25, 0.3) is 11.0 Å². The molecule has 3 rings (SSSR count). The quantitative estimate of drug-likeness (QED) is 0.780. The molecule has 0 amide bonds. The third kappa shape index (κ3) is 2.49. The van der Waals surface area contributed by atoms with E-state index in [9.17, 15) is 4.39 Å². The molecule has 0 saturated heterocycles. The van der Waals surface area contributed by atoms with E-state index in [4.69, 9.17) is 0 Å². The third-order valence-electron chi connectivity index (χ3n) is 3.75. The van der Waals surface area contributed by atoms with Gasteiger partial charge in [0.05, 0.1) is 17.6 Å². The lowest BCUT2D eigenvalue weighted by molar-refractivity contribution is 0.619. The van der Waals surface area contributed by atoms with Crippen molar-refractivity contribution < 1.29 is 4.39 Å². The fourth-order valence-electron chi connectivity index (χ4n) is 2.59. The van der Waals surface area contributed by atoms with E-state index in [0.717, 1.165) is 29.1 Å². The van der Waals surface area contributed by atoms with Gasteiger partial charge in [0.25, 0.3) is 0 Å². The lowest BCUT2D eigenvalue weighted by Crippen LogP contribution is -2.09. The smallest absolute Gasteiger partial charge is 0.129 e. The van der Waals surface area contributed by atoms with Gasteiger partial charge in [0, 0.05) is 17.8 Å². The van der Waals surface area contributed by atoms with E-state index in [-0.39, 0.29) is 5.82 Å². The molecule has 1 heterocycles. The predicted octanol–water partition coefficient (Wildman–Crippen LogP) is 4.12. The number of aryl methyl sites for hydroxylation is 1. The summed E-state index contributed by atoms with van der Waals surface area (Å²) >= 11 is 0. The van der Waals surface area contributed by atoms with Gasteiger partial charge in [-0.2, -0.15) is 0 Å². The fraction of sp³-hybridized carbons (Fsp3) is 0.235. The topological polar surface area (TPSA) is 29.9 Å². The van der Waals surface area contributed by atoms with Crippen LogP contribution in [0.15, 0.2) is 42.5 Å². The Kier molecular flexibility index (Phi) is 3.60. The van der Waals surface area contributed by atoms with Crippen LogP contribution >= 0.6 is 0 Å². The fourth-order valence-corrected chi connectivity index (χ4v) is 2.59. The maximum absolute atomic E-state index is 13.6. The molecular weight excluding hydrogens is 265 g/mol. The summed E-state index contributed by atoms with van der Waals surface area (Å²) in [6.45, 7) is 5.32. The van der Waals surface area contributed by atoms with E-state index < -0.39 is 0 Å². The number of hydrogen-bond donors (Lipinski definition) is 1. The van der Waals surface area contributed by atoms with E-state index in [1.165, 1.54) is 6.07 Å². The Labute approximate surface area is 123 Å². The Morgan fingerprint density at radius 1 is 1.14 bits per heavy atom. The average Bonchev–Trinajstić information content (AvgIpc) is 2.86. The van der Waals surface area contributed by atoms with Crippen molar-refractivity contribution in [3.05, 3.63) is 59.7 Å². The highest BCUT2D eigenvalue weighted by Crippen LogP contribution is 2.20. The molecule has 3 nitrogen and oxygen atoms in total. The number of nitrogens with zero attached hydrogens (tertiary/aromatic N) is 2. The van der Waals surface area contributed by atoms with Crippen LogP contribution in [0.4, 0.5) is 10.1 Å². The highest BCUT2D eigenvalue weighted by molar-refractivity contribution is 5.76. The molecule has 0 aliphatic heterocycles. The second-order valence-electron chi connectivity index (χ2n) is 5.03. The van der Waals surface area contributed by atoms with Gasteiger partial charge in [0.15, 0.2) is 0 Å². The molecule has 0 radical (unpaired) electrons. The van der Waals surface area contributed by atoms with Crippen LogP contribution in [0.2, 0.25) is 0 Å². The molecule has 0 unspecified atom stereocenters. The molecular formula is C17H18FN3. The maximum atomic E-state index is 13.6. The summed E-state index contributed by atoms with van der Waals surface area (Å²) in [4.78, 5) is 4.66. The summed E-state index contributed by atoms with van der Waals surface area (Å²) in [6, 6.07) is 13.2. The van der Waals surface area contributed by atoms with E-state index >= 15 is 0 Å². The van der Waals surface area contributed by atoms with Crippen molar-refractivity contribution in [1.29, 1.82) is 0 Å². The van der Waals surface area contributed by atoms with E-state index in [1.807, 2.05) is 24.3 Å². The number of hydrogen-bond acceptors (Lipinski definition) is 2. The molecule has 1 aromatic heterocycles. The SMILES string of the molecule is CCn1c(CNc2cccc(F)c2C)nc2ccccc21. The zero-order chi connectivity index (χ0) is 14.8. The summed E-state index contributed by atoms with van der Waals surface area (Å²) in [5.74, 6) is 0.770. The van der Waals surface area contributed by atoms with Crippen LogP contribution in [0.1, 0.15) is 18.3 Å². The highest BCUT2D eigenvalue weighted by atomic mass is 19.1. The second kappa shape index (κ2) is 5.56. The summed E-state index contributed by atoms with van der Waals surface area (Å²) in [6.07, 6.45) is 0. The number of halogens is 1. The lowest BCUT2D eigenvalue weighted by Gasteiger charge is -2.11. The highest BCUT2D eigenvalue weighted by Gasteiger charge is 2.09. The normalized spacial score (nSPS) is 11.0. The molecule has 3 aromatic rings. The van der Waals surface area contributed by atoms with Crippen LogP contribution in [-0.4, -0.2) is 9.55 Å². The van der Waals surface area contributed by atoms with Gasteiger partial charge < -0.3 is 9.88 Å². The molecule has 0 fully saturated rings. The minimum Gasteiger partial charge on any atom is -0.378 e. The monoisotopic (exact) mass is 283 g/mol. The van der Waals surface area contributed by atoms with Crippen LogP contribution in [-0.2, 0) is 13.1 Å². The Bertz CT molecular complexity index is 777. The summed E-state index contributed by atoms with van der Waals surface area (Å²) in [5, 5.41) is 3.28. The van der Waals surface area contributed by atoms with Gasteiger partial charge >= 0.3 is 0 Å². The van der Waals surface area contributed by atoms with Crippen molar-refractivity contribution in [3.63, 3.8) is 0 Å². The molecule has 0 saturated carbocycles. The van der Waals surface area contributed by atoms with Gasteiger partial charge in [-0.15, -0.1) is 0 Å². The molecule has 21 heavy (non-hydrogen) atoms. The van der Waals surface area contributed by atoms with Gasteiger partial charge in [-0.05, 0) is 38.1 Å². The zero-order valence-corrected chi connectivity index (χ0v) is 12.2. The van der Waals surface area contributed by atoms with Gasteiger partial charge in [-0.25, -0.2) is 9.37 Å². The Morgan fingerprint density at radius 2 is 1.95 bits per heavy atom. The van der Waals surface area contributed by atoms with Crippen molar-refractivity contribution in [1.82, 2.24) is 9.55 Å². The summed E-state index contributed by atoms with van der Waals surface area (Å²) in [5.41, 5.74) is 3.57. The number of anilines is 1. The van der Waals surface area contributed by atoms with Crippen molar-refractivity contribution in [2.45, 2.75) is 26.9 Å². The number of rotatable bonds is 4. The zero-order valence-electron chi connectivity index (χ0n) is 12.2. The Morgan fingerprint density at radius 3 is 2.76 bits per heavy atom. The minimum absolute atomic E-state index is 0.191. The van der Waals surface area contributed by atoms with Crippen molar-refractivity contribution in [2.24, 2.45) is 0 Å². The minimum atomic E-state index is -0.191. The standard InChI is InChI=1S/C17H18FN3/c1-3-21-16-10-5-4-8-15(16)20-17(21)11-19-14-9-6-7-13(18)12(14)2/h4-10,19H,3,11H2,1-2H3. The first-order valence-corrected chi connectivity index (χ1v) is 7.14. The first-order valence-electron chi connectivity index (χ1n) is 7.14. The maximum Gasteiger partial charge on any atom is 0.129 e. The van der Waals surface area contributed by atoms with Gasteiger partial charge in [0.1, 0.15) is 11.6 Å². The van der Waals surface area contributed by atoms with Crippen LogP contribution in [0, 0.1) is 12.7 Å². The molecule has 0 aliphatic carbocycles. The molecule has 4 heteroatoms. The first kappa shape index (κ1) is 13.6. The molecule has 0 bridgehead atoms. The molecule has 0 spiro atoms. The lowest BCUT2D eigenvalue weighted by atomic mass is 10.2. The van der Waals surface area contributed by atoms with E-state index in [2.05, 4.69) is 27.9 Å². The van der Waals surface area contributed by atoms with Gasteiger partial charge in [0.2, 0.25) is 0 Å². The van der Waals surface area contributed by atoms with Gasteiger partial charge in [-0.3, -0.25) is 0 Å². The number of para-hydroxylation sites is 2. The van der Waals surface area contributed by atoms with Crippen LogP contribution in [0.3, 0.4) is 0 Å². The van der Waals surface area contributed by atoms with Crippen molar-refractivity contribution >= 4 is 16.7 Å². The van der Waals surface area contributed by atoms with Crippen LogP contribution in [0.5, 0.6) is 0 Å². The third-order valence-corrected chi connectivity index (χ3v) is 3.75. The van der Waals surface area contributed by atoms with Crippen molar-refractivity contribution in [2.75, 3.05) is 5.32 Å². The average molecular weight is 283 g/mol. The second-order valence-corrected chi connectivity index (χ2v) is 5.03. The number of imidazole rings is 1. The Hall–Kier alpha value is -2.36. The van der Waals surface area contributed by atoms with E-state index in [1.54, 1.807) is 13.0 Å². The number of aromatic nitrogens is 2. The largest absolute Gasteiger partial charge is 0.378 e. The summed E-state index contributed by atoms with van der Waals surface area (Å²) < 4.78 is 15.7. The predicted molar refractivity (Wildman–Crippen MR) is 83.9 cm³/mol. The van der Waals surface area contributed by atoms with Gasteiger partial charge in [-0.1, -0.05) is 18.2 Å². The summed E-state index contributed by atoms with van der Waals surface area (Å²) in [7, 11) is 0. The number of fused-ring (bicyclic) bond motifs is 1. The molecule has 0 aliphatic rings. The number of benzene rings is 2. The first-order chi connectivity index (χ1) is 10.2. The van der Waals surface area contributed by atoms with E-state index in [0.29, 0.717) is 12.1 Å². The van der Waals surface area contributed by atoms with Crippen molar-refractivity contribution in [3.8, 4) is 0 Å².